The molecular weight excluding hydrogens is 525 g/mol. The van der Waals surface area contributed by atoms with Crippen molar-refractivity contribution in [3.8, 4) is 5.69 Å². The van der Waals surface area contributed by atoms with Crippen LogP contribution in [0.15, 0.2) is 47.5 Å². The maximum atomic E-state index is 6.51. The van der Waals surface area contributed by atoms with Crippen LogP contribution in [0.4, 0.5) is 5.82 Å². The lowest BCUT2D eigenvalue weighted by Gasteiger charge is -2.18. The van der Waals surface area contributed by atoms with Gasteiger partial charge in [0, 0.05) is 18.2 Å². The zero-order valence-corrected chi connectivity index (χ0v) is 22.8. The molecule has 0 radical (unpaired) electrons. The van der Waals surface area contributed by atoms with Gasteiger partial charge in [-0.1, -0.05) is 65.1 Å². The Labute approximate surface area is 224 Å². The summed E-state index contributed by atoms with van der Waals surface area (Å²) in [5.41, 5.74) is 2.42. The molecule has 0 aliphatic rings. The summed E-state index contributed by atoms with van der Waals surface area (Å²) in [5.74, 6) is 1.33. The molecule has 2 aromatic heterocycles. The van der Waals surface area contributed by atoms with Gasteiger partial charge in [0.25, 0.3) is 0 Å². The van der Waals surface area contributed by atoms with Crippen molar-refractivity contribution >= 4 is 63.4 Å². The van der Waals surface area contributed by atoms with Gasteiger partial charge < -0.3 is 10.1 Å². The van der Waals surface area contributed by atoms with Gasteiger partial charge in [0.15, 0.2) is 5.65 Å². The monoisotopic (exact) mass is 549 g/mol. The quantitative estimate of drug-likeness (QED) is 0.210. The van der Waals surface area contributed by atoms with Crippen LogP contribution in [0.5, 0.6) is 0 Å². The molecule has 1 atom stereocenters. The van der Waals surface area contributed by atoms with E-state index < -0.39 is 0 Å². The molecule has 10 heteroatoms. The van der Waals surface area contributed by atoms with Crippen molar-refractivity contribution in [3.63, 3.8) is 0 Å². The Morgan fingerprint density at radius 2 is 1.80 bits per heavy atom. The number of rotatable bonds is 10. The van der Waals surface area contributed by atoms with E-state index in [0.717, 1.165) is 29.1 Å². The van der Waals surface area contributed by atoms with Crippen molar-refractivity contribution in [3.05, 3.63) is 68.9 Å². The third kappa shape index (κ3) is 6.04. The zero-order chi connectivity index (χ0) is 24.9. The summed E-state index contributed by atoms with van der Waals surface area (Å²) in [5, 5.41) is 11.1. The van der Waals surface area contributed by atoms with E-state index in [4.69, 9.17) is 44.6 Å². The minimum Gasteiger partial charge on any atom is -0.378 e. The smallest absolute Gasteiger partial charge is 0.170 e. The number of halogens is 3. The molecule has 0 aliphatic carbocycles. The van der Waals surface area contributed by atoms with E-state index in [1.807, 2.05) is 26.2 Å². The van der Waals surface area contributed by atoms with Gasteiger partial charge in [-0.3, -0.25) is 0 Å². The van der Waals surface area contributed by atoms with Crippen LogP contribution in [0, 0.1) is 6.92 Å². The molecule has 184 valence electrons. The lowest BCUT2D eigenvalue weighted by atomic mass is 10.1. The van der Waals surface area contributed by atoms with Crippen molar-refractivity contribution in [2.24, 2.45) is 0 Å². The van der Waals surface area contributed by atoms with Crippen molar-refractivity contribution < 1.29 is 4.74 Å². The number of hydrogen-bond donors (Lipinski definition) is 1. The number of aryl methyl sites for hydroxylation is 1. The van der Waals surface area contributed by atoms with E-state index >= 15 is 0 Å². The standard InChI is InChI=1S/C25H26Cl3N5OS/c1-4-34-18(12-16-8-6-5-7-9-16)10-11-29-23-21-24(31-15(2)30-23)33(32-25(21)35-3)22-19(27)13-17(26)14-20(22)28/h5-9,13-14,18H,4,10-12H2,1-3H3,(H,29,30,31). The predicted molar refractivity (Wildman–Crippen MR) is 147 cm³/mol. The second-order valence-electron chi connectivity index (χ2n) is 7.94. The number of thioether (sulfide) groups is 1. The Bertz CT molecular complexity index is 1290. The van der Waals surface area contributed by atoms with Crippen molar-refractivity contribution in [1.29, 1.82) is 0 Å². The number of nitrogens with one attached hydrogen (secondary N) is 1. The molecular formula is C25H26Cl3N5OS. The van der Waals surface area contributed by atoms with Crippen molar-refractivity contribution in [1.82, 2.24) is 19.7 Å². The molecule has 1 N–H and O–H groups in total. The fourth-order valence-electron chi connectivity index (χ4n) is 3.97. The molecule has 0 spiro atoms. The van der Waals surface area contributed by atoms with E-state index in [-0.39, 0.29) is 6.10 Å². The SMILES string of the molecule is CCOC(CCNc1nc(C)nc2c1c(SC)nn2-c1c(Cl)cc(Cl)cc1Cl)Cc1ccccc1. The topological polar surface area (TPSA) is 64.9 Å². The molecule has 0 amide bonds. The first-order chi connectivity index (χ1) is 16.9. The van der Waals surface area contributed by atoms with Crippen LogP contribution in [-0.4, -0.2) is 45.3 Å². The highest BCUT2D eigenvalue weighted by molar-refractivity contribution is 7.98. The van der Waals surface area contributed by atoms with Gasteiger partial charge in [-0.2, -0.15) is 5.10 Å². The Hall–Kier alpha value is -2.03. The molecule has 35 heavy (non-hydrogen) atoms. The molecule has 0 saturated heterocycles. The fraction of sp³-hybridized carbons (Fsp3) is 0.320. The van der Waals surface area contributed by atoms with E-state index in [1.54, 1.807) is 16.8 Å². The summed E-state index contributed by atoms with van der Waals surface area (Å²) in [6, 6.07) is 13.7. The highest BCUT2D eigenvalue weighted by Crippen LogP contribution is 2.37. The summed E-state index contributed by atoms with van der Waals surface area (Å²) >= 11 is 20.6. The number of anilines is 1. The first-order valence-electron chi connectivity index (χ1n) is 11.3. The maximum absolute atomic E-state index is 6.51. The summed E-state index contributed by atoms with van der Waals surface area (Å²) in [6.07, 6.45) is 3.75. The molecule has 0 bridgehead atoms. The van der Waals surface area contributed by atoms with Crippen LogP contribution < -0.4 is 5.32 Å². The lowest BCUT2D eigenvalue weighted by molar-refractivity contribution is 0.0596. The first kappa shape index (κ1) is 26.0. The second kappa shape index (κ2) is 11.8. The van der Waals surface area contributed by atoms with Gasteiger partial charge in [0.2, 0.25) is 0 Å². The molecule has 0 aliphatic heterocycles. The van der Waals surface area contributed by atoms with Crippen LogP contribution in [0.1, 0.15) is 24.7 Å². The Morgan fingerprint density at radius 1 is 1.09 bits per heavy atom. The maximum Gasteiger partial charge on any atom is 0.170 e. The predicted octanol–water partition coefficient (Wildman–Crippen LogP) is 7.26. The molecule has 2 heterocycles. The summed E-state index contributed by atoms with van der Waals surface area (Å²) in [4.78, 5) is 9.36. The van der Waals surface area contributed by atoms with Crippen LogP contribution in [0.3, 0.4) is 0 Å². The van der Waals surface area contributed by atoms with Gasteiger partial charge in [-0.05, 0) is 50.6 Å². The lowest BCUT2D eigenvalue weighted by Crippen LogP contribution is -2.20. The van der Waals surface area contributed by atoms with Crippen LogP contribution in [0.2, 0.25) is 15.1 Å². The van der Waals surface area contributed by atoms with Crippen molar-refractivity contribution in [2.45, 2.75) is 37.8 Å². The molecule has 2 aromatic carbocycles. The zero-order valence-electron chi connectivity index (χ0n) is 19.7. The number of hydrogen-bond acceptors (Lipinski definition) is 6. The molecule has 0 fully saturated rings. The molecule has 4 rings (SSSR count). The summed E-state index contributed by atoms with van der Waals surface area (Å²) < 4.78 is 7.67. The molecule has 0 saturated carbocycles. The van der Waals surface area contributed by atoms with Gasteiger partial charge in [0.05, 0.1) is 21.5 Å². The first-order valence-corrected chi connectivity index (χ1v) is 13.6. The van der Waals surface area contributed by atoms with E-state index in [1.165, 1.54) is 17.3 Å². The van der Waals surface area contributed by atoms with Crippen LogP contribution in [0.25, 0.3) is 16.7 Å². The number of ether oxygens (including phenoxy) is 1. The number of benzene rings is 2. The van der Waals surface area contributed by atoms with Crippen LogP contribution >= 0.6 is 46.6 Å². The average molecular weight is 551 g/mol. The van der Waals surface area contributed by atoms with E-state index in [9.17, 15) is 0 Å². The largest absolute Gasteiger partial charge is 0.378 e. The van der Waals surface area contributed by atoms with E-state index in [0.29, 0.717) is 45.4 Å². The molecule has 6 nitrogen and oxygen atoms in total. The number of aromatic nitrogens is 4. The molecule has 1 unspecified atom stereocenters. The molecule has 4 aromatic rings. The van der Waals surface area contributed by atoms with Gasteiger partial charge in [0.1, 0.15) is 22.4 Å². The van der Waals surface area contributed by atoms with Crippen molar-refractivity contribution in [2.75, 3.05) is 24.7 Å². The Morgan fingerprint density at radius 3 is 2.46 bits per heavy atom. The normalized spacial score (nSPS) is 12.3. The number of fused-ring (bicyclic) bond motifs is 1. The number of nitrogens with zero attached hydrogens (tertiary/aromatic N) is 4. The van der Waals surface area contributed by atoms with Gasteiger partial charge >= 0.3 is 0 Å². The third-order valence-corrected chi connectivity index (χ3v) is 6.93. The minimum atomic E-state index is 0.0998. The van der Waals surface area contributed by atoms with E-state index in [2.05, 4.69) is 39.6 Å². The van der Waals surface area contributed by atoms with Gasteiger partial charge in [-0.15, -0.1) is 11.8 Å². The Kier molecular flexibility index (Phi) is 8.78. The average Bonchev–Trinajstić information content (AvgIpc) is 3.17. The summed E-state index contributed by atoms with van der Waals surface area (Å²) in [7, 11) is 0. The fourth-order valence-corrected chi connectivity index (χ4v) is 5.50. The van der Waals surface area contributed by atoms with Crippen LogP contribution in [-0.2, 0) is 11.2 Å². The Balaban J connectivity index is 1.64. The summed E-state index contributed by atoms with van der Waals surface area (Å²) in [6.45, 7) is 5.23. The van der Waals surface area contributed by atoms with Gasteiger partial charge in [-0.25, -0.2) is 14.6 Å². The highest BCUT2D eigenvalue weighted by atomic mass is 35.5. The third-order valence-electron chi connectivity index (χ3n) is 5.46. The minimum absolute atomic E-state index is 0.0998. The second-order valence-corrected chi connectivity index (χ2v) is 9.99. The highest BCUT2D eigenvalue weighted by Gasteiger charge is 2.22.